The molecule has 96 valence electrons. The van der Waals surface area contributed by atoms with E-state index in [1.807, 2.05) is 38.1 Å². The summed E-state index contributed by atoms with van der Waals surface area (Å²) in [6.07, 6.45) is 0. The Morgan fingerprint density at radius 1 is 1.44 bits per heavy atom. The minimum absolute atomic E-state index is 0.283. The van der Waals surface area contributed by atoms with Gasteiger partial charge in [-0.3, -0.25) is 0 Å². The molecule has 0 spiro atoms. The van der Waals surface area contributed by atoms with Crippen LogP contribution in [0.2, 0.25) is 0 Å². The first-order valence-electron chi connectivity index (χ1n) is 5.76. The fourth-order valence-electron chi connectivity index (χ4n) is 1.60. The van der Waals surface area contributed by atoms with Crippen molar-refractivity contribution in [2.45, 2.75) is 26.4 Å². The highest BCUT2D eigenvalue weighted by Crippen LogP contribution is 2.14. The Kier molecular flexibility index (Phi) is 3.86. The van der Waals surface area contributed by atoms with Gasteiger partial charge in [-0.05, 0) is 31.5 Å². The monoisotopic (exact) mass is 309 g/mol. The molecule has 2 aromatic rings. The topological polar surface area (TPSA) is 68.8 Å². The molecule has 0 amide bonds. The van der Waals surface area contributed by atoms with E-state index in [1.165, 1.54) is 0 Å². The number of hydrogen-bond donors (Lipinski definition) is 2. The molecule has 0 unspecified atom stereocenters. The number of anilines is 2. The van der Waals surface area contributed by atoms with E-state index in [0.717, 1.165) is 10.0 Å². The molecule has 0 aliphatic rings. The van der Waals surface area contributed by atoms with E-state index in [9.17, 15) is 0 Å². The van der Waals surface area contributed by atoms with Crippen LogP contribution in [0.1, 0.15) is 19.4 Å². The molecular weight excluding hydrogens is 294 g/mol. The maximum atomic E-state index is 5.84. The summed E-state index contributed by atoms with van der Waals surface area (Å²) in [5, 5.41) is 7.46. The third-order valence-corrected chi connectivity index (χ3v) is 2.83. The van der Waals surface area contributed by atoms with Gasteiger partial charge in [-0.1, -0.05) is 28.1 Å². The van der Waals surface area contributed by atoms with Crippen LogP contribution in [-0.4, -0.2) is 20.8 Å². The fraction of sp³-hybridized carbons (Fsp3) is 0.333. The molecule has 6 heteroatoms. The Balaban J connectivity index is 2.16. The number of nitrogen functional groups attached to an aromatic ring is 1. The maximum absolute atomic E-state index is 5.84. The Bertz CT molecular complexity index is 535. The maximum Gasteiger partial charge on any atom is 0.244 e. The molecule has 18 heavy (non-hydrogen) atoms. The summed E-state index contributed by atoms with van der Waals surface area (Å²) in [4.78, 5) is 4.18. The lowest BCUT2D eigenvalue weighted by atomic mass is 10.2. The number of aromatic nitrogens is 3. The molecule has 0 saturated heterocycles. The molecule has 0 aliphatic carbocycles. The quantitative estimate of drug-likeness (QED) is 0.910. The Labute approximate surface area is 115 Å². The molecule has 5 nitrogen and oxygen atoms in total. The van der Waals surface area contributed by atoms with E-state index >= 15 is 0 Å². The van der Waals surface area contributed by atoms with E-state index in [2.05, 4.69) is 31.3 Å². The van der Waals surface area contributed by atoms with Gasteiger partial charge in [0.15, 0.2) is 0 Å². The summed E-state index contributed by atoms with van der Waals surface area (Å²) >= 11 is 3.44. The molecule has 0 aliphatic heterocycles. The van der Waals surface area contributed by atoms with Crippen LogP contribution < -0.4 is 11.1 Å². The third-order valence-electron chi connectivity index (χ3n) is 2.34. The van der Waals surface area contributed by atoms with Crippen molar-refractivity contribution in [2.75, 3.05) is 11.1 Å². The van der Waals surface area contributed by atoms with Gasteiger partial charge in [0, 0.05) is 10.5 Å². The summed E-state index contributed by atoms with van der Waals surface area (Å²) in [6.45, 7) is 4.68. The highest BCUT2D eigenvalue weighted by molar-refractivity contribution is 9.10. The van der Waals surface area contributed by atoms with E-state index < -0.39 is 0 Å². The number of benzene rings is 1. The van der Waals surface area contributed by atoms with Crippen LogP contribution in [0.3, 0.4) is 0 Å². The predicted molar refractivity (Wildman–Crippen MR) is 76.4 cm³/mol. The number of rotatable bonds is 4. The SMILES string of the molecule is CC(C)Nc1nc(N)n(Cc2cccc(Br)c2)n1. The minimum Gasteiger partial charge on any atom is -0.368 e. The molecule has 0 radical (unpaired) electrons. The number of halogens is 1. The molecule has 3 N–H and O–H groups in total. The molecule has 2 rings (SSSR count). The molecule has 1 aromatic heterocycles. The third kappa shape index (κ3) is 3.22. The van der Waals surface area contributed by atoms with Crippen molar-refractivity contribution in [3.8, 4) is 0 Å². The zero-order valence-electron chi connectivity index (χ0n) is 10.4. The lowest BCUT2D eigenvalue weighted by Crippen LogP contribution is -2.11. The highest BCUT2D eigenvalue weighted by atomic mass is 79.9. The molecule has 0 atom stereocenters. The summed E-state index contributed by atoms with van der Waals surface area (Å²) in [5.74, 6) is 0.982. The zero-order valence-corrected chi connectivity index (χ0v) is 12.0. The van der Waals surface area contributed by atoms with Gasteiger partial charge in [0.25, 0.3) is 0 Å². The van der Waals surface area contributed by atoms with E-state index in [-0.39, 0.29) is 6.04 Å². The smallest absolute Gasteiger partial charge is 0.244 e. The summed E-state index contributed by atoms with van der Waals surface area (Å²) in [6, 6.07) is 8.32. The number of nitrogens with two attached hydrogens (primary N) is 1. The molecule has 1 heterocycles. The first-order valence-corrected chi connectivity index (χ1v) is 6.55. The Hall–Kier alpha value is -1.56. The molecule has 0 saturated carbocycles. The van der Waals surface area contributed by atoms with Gasteiger partial charge >= 0.3 is 0 Å². The van der Waals surface area contributed by atoms with E-state index in [1.54, 1.807) is 4.68 Å². The van der Waals surface area contributed by atoms with Crippen LogP contribution in [0.25, 0.3) is 0 Å². The highest BCUT2D eigenvalue weighted by Gasteiger charge is 2.08. The van der Waals surface area contributed by atoms with Crippen LogP contribution in [0.4, 0.5) is 11.9 Å². The number of nitrogens with one attached hydrogen (secondary N) is 1. The first kappa shape index (κ1) is 12.9. The van der Waals surface area contributed by atoms with Crippen molar-refractivity contribution in [1.82, 2.24) is 14.8 Å². The summed E-state index contributed by atoms with van der Waals surface area (Å²) < 4.78 is 2.73. The van der Waals surface area contributed by atoms with Gasteiger partial charge in [0.1, 0.15) is 0 Å². The average Bonchev–Trinajstić information content (AvgIpc) is 2.58. The Morgan fingerprint density at radius 3 is 2.89 bits per heavy atom. The van der Waals surface area contributed by atoms with Crippen molar-refractivity contribution in [1.29, 1.82) is 0 Å². The van der Waals surface area contributed by atoms with Crippen LogP contribution in [0.15, 0.2) is 28.7 Å². The summed E-state index contributed by atoms with van der Waals surface area (Å²) in [5.41, 5.74) is 6.96. The van der Waals surface area contributed by atoms with Gasteiger partial charge in [-0.2, -0.15) is 4.98 Å². The van der Waals surface area contributed by atoms with Crippen LogP contribution in [0.5, 0.6) is 0 Å². The molecule has 0 fully saturated rings. The van der Waals surface area contributed by atoms with Gasteiger partial charge in [-0.25, -0.2) is 4.68 Å². The van der Waals surface area contributed by atoms with Crippen LogP contribution in [0, 0.1) is 0 Å². The average molecular weight is 310 g/mol. The van der Waals surface area contributed by atoms with E-state index in [0.29, 0.717) is 18.4 Å². The molecule has 1 aromatic carbocycles. The number of hydrogen-bond acceptors (Lipinski definition) is 4. The van der Waals surface area contributed by atoms with Crippen LogP contribution in [-0.2, 0) is 6.54 Å². The van der Waals surface area contributed by atoms with Crippen molar-refractivity contribution in [2.24, 2.45) is 0 Å². The second kappa shape index (κ2) is 5.39. The van der Waals surface area contributed by atoms with E-state index in [4.69, 9.17) is 5.73 Å². The van der Waals surface area contributed by atoms with Crippen molar-refractivity contribution < 1.29 is 0 Å². The van der Waals surface area contributed by atoms with Gasteiger partial charge < -0.3 is 11.1 Å². The van der Waals surface area contributed by atoms with Gasteiger partial charge in [0.2, 0.25) is 11.9 Å². The summed E-state index contributed by atoms with van der Waals surface area (Å²) in [7, 11) is 0. The lowest BCUT2D eigenvalue weighted by Gasteiger charge is -2.04. The first-order chi connectivity index (χ1) is 8.54. The van der Waals surface area contributed by atoms with Crippen molar-refractivity contribution in [3.05, 3.63) is 34.3 Å². The van der Waals surface area contributed by atoms with Crippen molar-refractivity contribution >= 4 is 27.8 Å². The zero-order chi connectivity index (χ0) is 13.1. The van der Waals surface area contributed by atoms with Crippen LogP contribution >= 0.6 is 15.9 Å². The van der Waals surface area contributed by atoms with Gasteiger partial charge in [0.05, 0.1) is 6.54 Å². The normalized spacial score (nSPS) is 10.9. The second-order valence-electron chi connectivity index (χ2n) is 4.38. The largest absolute Gasteiger partial charge is 0.368 e. The number of nitrogens with zero attached hydrogens (tertiary/aromatic N) is 3. The van der Waals surface area contributed by atoms with Crippen molar-refractivity contribution in [3.63, 3.8) is 0 Å². The minimum atomic E-state index is 0.283. The predicted octanol–water partition coefficient (Wildman–Crippen LogP) is 2.49. The molecule has 0 bridgehead atoms. The standard InChI is InChI=1S/C12H16BrN5/c1-8(2)15-12-16-11(14)18(17-12)7-9-4-3-5-10(13)6-9/h3-6,8H,7H2,1-2H3,(H3,14,15,16,17). The molecular formula is C12H16BrN5. The van der Waals surface area contributed by atoms with Gasteiger partial charge in [-0.15, -0.1) is 5.10 Å². The Morgan fingerprint density at radius 2 is 2.22 bits per heavy atom. The second-order valence-corrected chi connectivity index (χ2v) is 5.30. The lowest BCUT2D eigenvalue weighted by molar-refractivity contribution is 0.694. The fourth-order valence-corrected chi connectivity index (χ4v) is 2.04.